The Morgan fingerprint density at radius 3 is 2.54 bits per heavy atom. The summed E-state index contributed by atoms with van der Waals surface area (Å²) in [4.78, 5) is 27.3. The number of hydrogen-bond donors (Lipinski definition) is 1. The van der Waals surface area contributed by atoms with E-state index in [0.29, 0.717) is 17.3 Å². The van der Waals surface area contributed by atoms with Gasteiger partial charge in [-0.15, -0.1) is 0 Å². The number of carbonyl (C=O) groups excluding carboxylic acids is 2. The van der Waals surface area contributed by atoms with Crippen LogP contribution in [0.1, 0.15) is 16.4 Å². The number of carbonyl (C=O) groups is 2. The molecule has 0 spiro atoms. The molecule has 8 heteroatoms. The molecule has 2 heterocycles. The van der Waals surface area contributed by atoms with Crippen LogP contribution in [0.2, 0.25) is 0 Å². The molecule has 24 heavy (non-hydrogen) atoms. The van der Waals surface area contributed by atoms with Gasteiger partial charge in [0.2, 0.25) is 5.78 Å². The number of Topliss-reactive ketones (excluding diaryl/α,β-unsaturated/α-hetero) is 2. The van der Waals surface area contributed by atoms with Gasteiger partial charge in [0.15, 0.2) is 5.82 Å². The van der Waals surface area contributed by atoms with Crippen LogP contribution in [-0.4, -0.2) is 33.9 Å². The molecule has 0 aliphatic heterocycles. The quantitative estimate of drug-likeness (QED) is 0.523. The highest BCUT2D eigenvalue weighted by molar-refractivity contribution is 6.42. The number of benzene rings is 1. The maximum absolute atomic E-state index is 11.9. The first kappa shape index (κ1) is 15.5. The number of H-pyrrole nitrogens is 1. The number of nitrogens with zero attached hydrogens (tertiary/aromatic N) is 2. The summed E-state index contributed by atoms with van der Waals surface area (Å²) in [6.45, 7) is 0. The van der Waals surface area contributed by atoms with Gasteiger partial charge in [-0.2, -0.15) is 5.10 Å². The Kier molecular flexibility index (Phi) is 4.37. The van der Waals surface area contributed by atoms with Crippen LogP contribution >= 0.6 is 0 Å². The van der Waals surface area contributed by atoms with Crippen molar-refractivity contribution in [2.75, 3.05) is 7.11 Å². The summed E-state index contributed by atoms with van der Waals surface area (Å²) in [5, 5.41) is 5.89. The van der Waals surface area contributed by atoms with E-state index in [-0.39, 0.29) is 18.2 Å². The third kappa shape index (κ3) is 3.49. The number of ketones is 2. The second-order valence-electron chi connectivity index (χ2n) is 4.76. The topological polar surface area (TPSA) is 107 Å². The summed E-state index contributed by atoms with van der Waals surface area (Å²) in [7, 11) is 1.58. The van der Waals surface area contributed by atoms with E-state index in [0.717, 1.165) is 6.33 Å². The highest BCUT2D eigenvalue weighted by Gasteiger charge is 2.21. The van der Waals surface area contributed by atoms with Crippen LogP contribution in [0.15, 0.2) is 47.1 Å². The summed E-state index contributed by atoms with van der Waals surface area (Å²) < 4.78 is 16.0. The summed E-state index contributed by atoms with van der Waals surface area (Å²) in [5.74, 6) is 0.297. The molecule has 0 aliphatic carbocycles. The first-order valence-electron chi connectivity index (χ1n) is 6.99. The Labute approximate surface area is 136 Å². The number of aromatic nitrogens is 3. The number of furan rings is 1. The predicted molar refractivity (Wildman–Crippen MR) is 81.2 cm³/mol. The summed E-state index contributed by atoms with van der Waals surface area (Å²) >= 11 is 0. The molecule has 0 atom stereocenters. The van der Waals surface area contributed by atoms with Crippen molar-refractivity contribution < 1.29 is 23.5 Å². The fourth-order valence-corrected chi connectivity index (χ4v) is 1.95. The van der Waals surface area contributed by atoms with Crippen LogP contribution in [0.4, 0.5) is 0 Å². The molecule has 1 N–H and O–H groups in total. The van der Waals surface area contributed by atoms with E-state index in [1.54, 1.807) is 43.5 Å². The molecule has 0 radical (unpaired) electrons. The lowest BCUT2D eigenvalue weighted by atomic mass is 10.1. The second-order valence-corrected chi connectivity index (χ2v) is 4.76. The molecule has 0 amide bonds. The Hall–Kier alpha value is -3.42. The van der Waals surface area contributed by atoms with Gasteiger partial charge in [-0.3, -0.25) is 14.7 Å². The van der Waals surface area contributed by atoms with Gasteiger partial charge in [0, 0.05) is 6.07 Å². The van der Waals surface area contributed by atoms with Crippen LogP contribution < -0.4 is 9.47 Å². The fourth-order valence-electron chi connectivity index (χ4n) is 1.95. The molecule has 0 saturated heterocycles. The molecule has 0 fully saturated rings. The Balaban J connectivity index is 1.62. The van der Waals surface area contributed by atoms with E-state index in [9.17, 15) is 9.59 Å². The number of nitrogens with one attached hydrogen (secondary N) is 1. The van der Waals surface area contributed by atoms with E-state index < -0.39 is 11.6 Å². The predicted octanol–water partition coefficient (Wildman–Crippen LogP) is 2.19. The van der Waals surface area contributed by atoms with Crippen molar-refractivity contribution in [2.45, 2.75) is 6.42 Å². The van der Waals surface area contributed by atoms with Gasteiger partial charge < -0.3 is 13.9 Å². The largest absolute Gasteiger partial charge is 0.497 e. The van der Waals surface area contributed by atoms with Crippen LogP contribution in [0.3, 0.4) is 0 Å². The van der Waals surface area contributed by atoms with E-state index in [1.165, 1.54) is 0 Å². The maximum Gasteiger partial charge on any atom is 0.290 e. The minimum absolute atomic E-state index is 0.0961. The first-order valence-corrected chi connectivity index (χ1v) is 6.99. The van der Waals surface area contributed by atoms with Crippen LogP contribution in [0.5, 0.6) is 17.4 Å². The monoisotopic (exact) mass is 327 g/mol. The summed E-state index contributed by atoms with van der Waals surface area (Å²) in [5.41, 5.74) is 0. The SMILES string of the molecule is COc1ccc(Oc2ccc(CC(=O)C(=O)c3ncn[nH]3)o2)cc1. The average molecular weight is 327 g/mol. The molecule has 2 aromatic heterocycles. The first-order chi connectivity index (χ1) is 11.7. The number of hydrogen-bond acceptors (Lipinski definition) is 7. The lowest BCUT2D eigenvalue weighted by Gasteiger charge is -2.03. The van der Waals surface area contributed by atoms with Crippen molar-refractivity contribution >= 4 is 11.6 Å². The van der Waals surface area contributed by atoms with E-state index in [2.05, 4.69) is 15.2 Å². The molecule has 3 aromatic rings. The van der Waals surface area contributed by atoms with Crippen molar-refractivity contribution in [3.05, 3.63) is 54.3 Å². The third-order valence-electron chi connectivity index (χ3n) is 3.13. The Morgan fingerprint density at radius 2 is 1.88 bits per heavy atom. The Bertz CT molecular complexity index is 837. The van der Waals surface area contributed by atoms with Crippen molar-refractivity contribution in [3.63, 3.8) is 0 Å². The molecule has 3 rings (SSSR count). The van der Waals surface area contributed by atoms with E-state index >= 15 is 0 Å². The lowest BCUT2D eigenvalue weighted by molar-refractivity contribution is -0.114. The molecular weight excluding hydrogens is 314 g/mol. The molecule has 0 aliphatic rings. The summed E-state index contributed by atoms with van der Waals surface area (Å²) in [6.07, 6.45) is 0.972. The number of ether oxygens (including phenoxy) is 2. The van der Waals surface area contributed by atoms with Gasteiger partial charge in [0.05, 0.1) is 13.5 Å². The minimum Gasteiger partial charge on any atom is -0.497 e. The second kappa shape index (κ2) is 6.78. The zero-order valence-corrected chi connectivity index (χ0v) is 12.7. The molecule has 0 bridgehead atoms. The molecule has 8 nitrogen and oxygen atoms in total. The smallest absolute Gasteiger partial charge is 0.290 e. The van der Waals surface area contributed by atoms with E-state index in [4.69, 9.17) is 13.9 Å². The normalized spacial score (nSPS) is 10.4. The average Bonchev–Trinajstić information content (AvgIpc) is 3.27. The molecule has 0 unspecified atom stereocenters. The number of aromatic amines is 1. The zero-order chi connectivity index (χ0) is 16.9. The number of rotatable bonds is 7. The van der Waals surface area contributed by atoms with Crippen molar-refractivity contribution in [3.8, 4) is 17.4 Å². The van der Waals surface area contributed by atoms with Gasteiger partial charge in [0.1, 0.15) is 23.6 Å². The van der Waals surface area contributed by atoms with Crippen molar-refractivity contribution in [1.82, 2.24) is 15.2 Å². The number of methoxy groups -OCH3 is 1. The van der Waals surface area contributed by atoms with Gasteiger partial charge >= 0.3 is 0 Å². The fraction of sp³-hybridized carbons (Fsp3) is 0.125. The standard InChI is InChI=1S/C16H13N3O5/c1-22-10-2-4-11(5-3-10)23-14-7-6-12(24-14)8-13(20)15(21)16-17-9-18-19-16/h2-7,9H,8H2,1H3,(H,17,18,19). The van der Waals surface area contributed by atoms with Crippen LogP contribution in [-0.2, 0) is 11.2 Å². The van der Waals surface area contributed by atoms with Crippen LogP contribution in [0, 0.1) is 0 Å². The molecule has 122 valence electrons. The van der Waals surface area contributed by atoms with Gasteiger partial charge in [-0.25, -0.2) is 4.98 Å². The van der Waals surface area contributed by atoms with Crippen molar-refractivity contribution in [1.29, 1.82) is 0 Å². The van der Waals surface area contributed by atoms with Crippen molar-refractivity contribution in [2.24, 2.45) is 0 Å². The minimum atomic E-state index is -0.749. The molecule has 0 saturated carbocycles. The third-order valence-corrected chi connectivity index (χ3v) is 3.13. The summed E-state index contributed by atoms with van der Waals surface area (Å²) in [6, 6.07) is 10.1. The van der Waals surface area contributed by atoms with E-state index in [1.807, 2.05) is 0 Å². The highest BCUT2D eigenvalue weighted by Crippen LogP contribution is 2.25. The van der Waals surface area contributed by atoms with Gasteiger partial charge in [-0.1, -0.05) is 0 Å². The zero-order valence-electron chi connectivity index (χ0n) is 12.7. The highest BCUT2D eigenvalue weighted by atomic mass is 16.6. The van der Waals surface area contributed by atoms with Gasteiger partial charge in [-0.05, 0) is 30.3 Å². The molecular formula is C16H13N3O5. The lowest BCUT2D eigenvalue weighted by Crippen LogP contribution is -2.17. The van der Waals surface area contributed by atoms with Gasteiger partial charge in [0.25, 0.3) is 11.7 Å². The van der Waals surface area contributed by atoms with Crippen LogP contribution in [0.25, 0.3) is 0 Å². The Morgan fingerprint density at radius 1 is 1.12 bits per heavy atom. The maximum atomic E-state index is 11.9. The molecule has 1 aromatic carbocycles.